The van der Waals surface area contributed by atoms with Crippen LogP contribution in [0.1, 0.15) is 48.5 Å². The third-order valence-electron chi connectivity index (χ3n) is 2.78. The smallest absolute Gasteiger partial charge is 0.0393 e. The van der Waals surface area contributed by atoms with E-state index in [1.165, 1.54) is 0 Å². The van der Waals surface area contributed by atoms with E-state index >= 15 is 0 Å². The molecule has 1 atom stereocenters. The molecule has 0 spiro atoms. The lowest BCUT2D eigenvalue weighted by atomic mass is 10.1. The Morgan fingerprint density at radius 1 is 1.00 bits per heavy atom. The van der Waals surface area contributed by atoms with Gasteiger partial charge in [-0.05, 0) is 48.5 Å². The predicted molar refractivity (Wildman–Crippen MR) is 63.5 cm³/mol. The molecular weight excluding hydrogens is 188 g/mol. The second-order valence-electron chi connectivity index (χ2n) is 6.44. The van der Waals surface area contributed by atoms with E-state index < -0.39 is 0 Å². The zero-order valence-corrected chi connectivity index (χ0v) is 11.2. The van der Waals surface area contributed by atoms with Gasteiger partial charge in [0.25, 0.3) is 0 Å². The number of hydrazine groups is 3. The van der Waals surface area contributed by atoms with Crippen LogP contribution in [-0.4, -0.2) is 38.9 Å². The summed E-state index contributed by atoms with van der Waals surface area (Å²) < 4.78 is 0. The monoisotopic (exact) mass is 214 g/mol. The summed E-state index contributed by atoms with van der Waals surface area (Å²) in [5.74, 6) is 6.17. The molecule has 0 bridgehead atoms. The molecule has 0 radical (unpaired) electrons. The van der Waals surface area contributed by atoms with Gasteiger partial charge in [-0.1, -0.05) is 0 Å². The van der Waals surface area contributed by atoms with Gasteiger partial charge in [0.15, 0.2) is 0 Å². The third kappa shape index (κ3) is 2.50. The van der Waals surface area contributed by atoms with Gasteiger partial charge in [-0.25, -0.2) is 15.9 Å². The van der Waals surface area contributed by atoms with Gasteiger partial charge in [-0.2, -0.15) is 0 Å². The number of nitrogens with zero attached hydrogens (tertiary/aromatic N) is 3. The van der Waals surface area contributed by atoms with Crippen LogP contribution in [0, 0.1) is 0 Å². The zero-order valence-electron chi connectivity index (χ0n) is 11.2. The van der Waals surface area contributed by atoms with Crippen molar-refractivity contribution in [3.8, 4) is 0 Å². The highest BCUT2D eigenvalue weighted by molar-refractivity contribution is 4.88. The fourth-order valence-corrected chi connectivity index (χ4v) is 2.28. The maximum absolute atomic E-state index is 6.17. The lowest BCUT2D eigenvalue weighted by molar-refractivity contribution is -0.200. The average molecular weight is 214 g/mol. The molecule has 1 aliphatic rings. The van der Waals surface area contributed by atoms with Crippen LogP contribution in [0.15, 0.2) is 0 Å². The molecule has 4 nitrogen and oxygen atoms in total. The quantitative estimate of drug-likeness (QED) is 0.621. The maximum atomic E-state index is 6.17. The van der Waals surface area contributed by atoms with Crippen LogP contribution in [0.5, 0.6) is 0 Å². The first-order valence-corrected chi connectivity index (χ1v) is 5.67. The number of hydrogen-bond acceptors (Lipinski definition) is 4. The van der Waals surface area contributed by atoms with E-state index in [-0.39, 0.29) is 11.1 Å². The molecule has 2 N–H and O–H groups in total. The first-order valence-electron chi connectivity index (χ1n) is 5.67. The molecular formula is C11H26N4. The summed E-state index contributed by atoms with van der Waals surface area (Å²) in [6, 6.07) is 0.453. The second kappa shape index (κ2) is 3.70. The Kier molecular flexibility index (Phi) is 3.18. The Balaban J connectivity index is 2.89. The first-order chi connectivity index (χ1) is 6.55. The van der Waals surface area contributed by atoms with Crippen LogP contribution in [0.25, 0.3) is 0 Å². The van der Waals surface area contributed by atoms with Gasteiger partial charge in [-0.3, -0.25) is 0 Å². The Morgan fingerprint density at radius 2 is 1.47 bits per heavy atom. The Morgan fingerprint density at radius 3 is 1.67 bits per heavy atom. The predicted octanol–water partition coefficient (Wildman–Crippen LogP) is 1.60. The minimum absolute atomic E-state index is 0.0637. The standard InChI is InChI=1S/C11H26N4/c1-9-8-13(10(2,3)4)15(12)14(9)11(5,6)7/h9H,8,12H2,1-7H3. The van der Waals surface area contributed by atoms with E-state index in [0.29, 0.717) is 6.04 Å². The molecule has 0 amide bonds. The van der Waals surface area contributed by atoms with Crippen LogP contribution in [-0.2, 0) is 0 Å². The summed E-state index contributed by atoms with van der Waals surface area (Å²) in [5, 5.41) is 6.24. The molecule has 0 aromatic carbocycles. The van der Waals surface area contributed by atoms with Crippen molar-refractivity contribution in [1.82, 2.24) is 15.2 Å². The van der Waals surface area contributed by atoms with Crippen molar-refractivity contribution >= 4 is 0 Å². The van der Waals surface area contributed by atoms with E-state index in [9.17, 15) is 0 Å². The van der Waals surface area contributed by atoms with Crippen molar-refractivity contribution in [3.05, 3.63) is 0 Å². The molecule has 90 valence electrons. The Bertz CT molecular complexity index is 226. The fourth-order valence-electron chi connectivity index (χ4n) is 2.28. The molecule has 0 aromatic heterocycles. The highest BCUT2D eigenvalue weighted by Crippen LogP contribution is 2.29. The van der Waals surface area contributed by atoms with Crippen LogP contribution in [0.3, 0.4) is 0 Å². The Labute approximate surface area is 93.9 Å². The molecule has 1 rings (SSSR count). The zero-order chi connectivity index (χ0) is 12.0. The molecule has 15 heavy (non-hydrogen) atoms. The van der Waals surface area contributed by atoms with Crippen molar-refractivity contribution in [2.45, 2.75) is 65.6 Å². The molecule has 1 saturated heterocycles. The molecule has 1 fully saturated rings. The van der Waals surface area contributed by atoms with Gasteiger partial charge in [0, 0.05) is 23.7 Å². The lowest BCUT2D eigenvalue weighted by Gasteiger charge is -2.43. The fraction of sp³-hybridized carbons (Fsp3) is 1.00. The highest BCUT2D eigenvalue weighted by Gasteiger charge is 2.43. The van der Waals surface area contributed by atoms with E-state index in [0.717, 1.165) is 6.54 Å². The van der Waals surface area contributed by atoms with E-state index in [1.54, 1.807) is 5.23 Å². The topological polar surface area (TPSA) is 35.7 Å². The summed E-state index contributed by atoms with van der Waals surface area (Å²) in [4.78, 5) is 0. The Hall–Kier alpha value is -0.160. The van der Waals surface area contributed by atoms with Crippen LogP contribution >= 0.6 is 0 Å². The van der Waals surface area contributed by atoms with Gasteiger partial charge >= 0.3 is 0 Å². The van der Waals surface area contributed by atoms with Crippen LogP contribution in [0.2, 0.25) is 0 Å². The molecule has 4 heteroatoms. The van der Waals surface area contributed by atoms with Gasteiger partial charge < -0.3 is 0 Å². The maximum Gasteiger partial charge on any atom is 0.0393 e. The molecule has 0 aliphatic carbocycles. The summed E-state index contributed by atoms with van der Waals surface area (Å²) in [5.41, 5.74) is 0.136. The van der Waals surface area contributed by atoms with Crippen LogP contribution < -0.4 is 5.84 Å². The van der Waals surface area contributed by atoms with Crippen molar-refractivity contribution in [1.29, 1.82) is 0 Å². The van der Waals surface area contributed by atoms with Gasteiger partial charge in [-0.15, -0.1) is 5.23 Å². The highest BCUT2D eigenvalue weighted by atomic mass is 16.0. The van der Waals surface area contributed by atoms with Gasteiger partial charge in [0.1, 0.15) is 0 Å². The van der Waals surface area contributed by atoms with Crippen molar-refractivity contribution < 1.29 is 0 Å². The van der Waals surface area contributed by atoms with Gasteiger partial charge in [0.05, 0.1) is 0 Å². The number of nitrogens with two attached hydrogens (primary N) is 1. The molecule has 1 heterocycles. The number of rotatable bonds is 0. The van der Waals surface area contributed by atoms with E-state index in [4.69, 9.17) is 5.84 Å². The van der Waals surface area contributed by atoms with Crippen molar-refractivity contribution in [3.63, 3.8) is 0 Å². The lowest BCUT2D eigenvalue weighted by Crippen LogP contribution is -2.60. The SMILES string of the molecule is CC1CN(C(C)(C)C)N(N)N1C(C)(C)C. The summed E-state index contributed by atoms with van der Waals surface area (Å²) in [6.45, 7) is 16.3. The summed E-state index contributed by atoms with van der Waals surface area (Å²) >= 11 is 0. The van der Waals surface area contributed by atoms with Crippen molar-refractivity contribution in [2.24, 2.45) is 5.84 Å². The average Bonchev–Trinajstić information content (AvgIpc) is 2.22. The first kappa shape index (κ1) is 12.9. The van der Waals surface area contributed by atoms with Crippen molar-refractivity contribution in [2.75, 3.05) is 6.54 Å². The van der Waals surface area contributed by atoms with E-state index in [1.807, 2.05) is 0 Å². The van der Waals surface area contributed by atoms with Gasteiger partial charge in [0.2, 0.25) is 0 Å². The minimum atomic E-state index is 0.0637. The molecule has 0 saturated carbocycles. The minimum Gasteiger partial charge on any atom is -0.240 e. The van der Waals surface area contributed by atoms with Crippen LogP contribution in [0.4, 0.5) is 0 Å². The number of hydrogen-bond donors (Lipinski definition) is 1. The third-order valence-corrected chi connectivity index (χ3v) is 2.78. The largest absolute Gasteiger partial charge is 0.240 e. The summed E-state index contributed by atoms with van der Waals surface area (Å²) in [7, 11) is 0. The molecule has 1 aliphatic heterocycles. The van der Waals surface area contributed by atoms with E-state index in [2.05, 4.69) is 58.5 Å². The summed E-state index contributed by atoms with van der Waals surface area (Å²) in [6.07, 6.45) is 0. The second-order valence-corrected chi connectivity index (χ2v) is 6.44. The molecule has 0 aromatic rings. The molecule has 1 unspecified atom stereocenters. The normalized spacial score (nSPS) is 27.6.